The van der Waals surface area contributed by atoms with E-state index in [4.69, 9.17) is 16.9 Å². The molecule has 1 heterocycles. The number of hydrogen-bond donors (Lipinski definition) is 1. The van der Waals surface area contributed by atoms with Crippen LogP contribution in [0.15, 0.2) is 33.2 Å². The van der Waals surface area contributed by atoms with Gasteiger partial charge in [-0.25, -0.2) is 0 Å². The maximum atomic E-state index is 9.05. The van der Waals surface area contributed by atoms with Gasteiger partial charge in [-0.1, -0.05) is 27.5 Å². The highest BCUT2D eigenvalue weighted by molar-refractivity contribution is 9.10. The average molecular weight is 407 g/mol. The van der Waals surface area contributed by atoms with Gasteiger partial charge in [0.05, 0.1) is 11.3 Å². The van der Waals surface area contributed by atoms with Crippen LogP contribution in [0.3, 0.4) is 0 Å². The quantitative estimate of drug-likeness (QED) is 0.740. The molecule has 0 spiro atoms. The molecule has 2 aromatic rings. The Hall–Kier alpha value is -0.540. The number of hydrogen-bond acceptors (Lipinski definition) is 3. The molecule has 0 bridgehead atoms. The first-order chi connectivity index (χ1) is 8.60. The smallest absolute Gasteiger partial charge is 0.107 e. The van der Waals surface area contributed by atoms with Crippen molar-refractivity contribution < 1.29 is 0 Å². The van der Waals surface area contributed by atoms with E-state index < -0.39 is 0 Å². The van der Waals surface area contributed by atoms with E-state index >= 15 is 0 Å². The Morgan fingerprint density at radius 1 is 1.33 bits per heavy atom. The summed E-state index contributed by atoms with van der Waals surface area (Å²) in [4.78, 5) is 1.11. The molecule has 2 nitrogen and oxygen atoms in total. The van der Waals surface area contributed by atoms with Crippen molar-refractivity contribution in [2.75, 3.05) is 5.32 Å². The molecule has 0 radical (unpaired) electrons. The zero-order chi connectivity index (χ0) is 13.1. The Morgan fingerprint density at radius 2 is 2.11 bits per heavy atom. The van der Waals surface area contributed by atoms with E-state index in [9.17, 15) is 0 Å². The Balaban J connectivity index is 2.13. The topological polar surface area (TPSA) is 35.8 Å². The van der Waals surface area contributed by atoms with Crippen LogP contribution in [0.1, 0.15) is 10.4 Å². The molecule has 0 unspecified atom stereocenters. The van der Waals surface area contributed by atoms with Crippen molar-refractivity contribution in [2.24, 2.45) is 0 Å². The lowest BCUT2D eigenvalue weighted by molar-refractivity contribution is 1.19. The molecule has 1 aromatic heterocycles. The van der Waals surface area contributed by atoms with E-state index in [1.54, 1.807) is 6.07 Å². The van der Waals surface area contributed by atoms with E-state index in [0.717, 1.165) is 23.8 Å². The Labute approximate surface area is 131 Å². The van der Waals surface area contributed by atoms with Crippen LogP contribution in [-0.4, -0.2) is 0 Å². The summed E-state index contributed by atoms with van der Waals surface area (Å²) < 4.78 is 2.54. The minimum absolute atomic E-state index is 0.617. The van der Waals surface area contributed by atoms with Crippen LogP contribution in [0.4, 0.5) is 5.69 Å². The number of anilines is 1. The summed E-state index contributed by atoms with van der Waals surface area (Å²) in [6, 6.07) is 9.72. The van der Waals surface area contributed by atoms with Gasteiger partial charge in [0, 0.05) is 20.4 Å². The molecule has 0 aliphatic rings. The van der Waals surface area contributed by atoms with Gasteiger partial charge in [-0.3, -0.25) is 0 Å². The fraction of sp³-hybridized carbons (Fsp3) is 0.0833. The molecule has 0 fully saturated rings. The standard InChI is InChI=1S/C12H7Br2ClN2S/c13-8-1-2-11(7(3-8)5-16)17-6-9-4-10(14)12(15)18-9/h1-4,17H,6H2. The second-order valence-corrected chi connectivity index (χ2v) is 7.00. The lowest BCUT2D eigenvalue weighted by atomic mass is 10.2. The maximum absolute atomic E-state index is 9.05. The highest BCUT2D eigenvalue weighted by Crippen LogP contribution is 2.32. The third kappa shape index (κ3) is 3.27. The van der Waals surface area contributed by atoms with Crippen LogP contribution in [0.25, 0.3) is 0 Å². The van der Waals surface area contributed by atoms with E-state index in [1.165, 1.54) is 11.3 Å². The lowest BCUT2D eigenvalue weighted by Crippen LogP contribution is -1.99. The van der Waals surface area contributed by atoms with Gasteiger partial charge in [0.2, 0.25) is 0 Å². The first-order valence-corrected chi connectivity index (χ1v) is 7.75. The third-order valence-corrected chi connectivity index (χ3v) is 5.22. The van der Waals surface area contributed by atoms with Crippen LogP contribution in [0.5, 0.6) is 0 Å². The van der Waals surface area contributed by atoms with Gasteiger partial charge in [0.1, 0.15) is 10.4 Å². The van der Waals surface area contributed by atoms with E-state index in [2.05, 4.69) is 43.2 Å². The van der Waals surface area contributed by atoms with Gasteiger partial charge in [0.15, 0.2) is 0 Å². The van der Waals surface area contributed by atoms with Crippen molar-refractivity contribution in [1.82, 2.24) is 0 Å². The second-order valence-electron chi connectivity index (χ2n) is 3.49. The number of nitrogens with zero attached hydrogens (tertiary/aromatic N) is 1. The average Bonchev–Trinajstić information content (AvgIpc) is 2.67. The molecular formula is C12H7Br2ClN2S. The molecule has 0 aliphatic carbocycles. The van der Waals surface area contributed by atoms with Crippen LogP contribution in [-0.2, 0) is 6.54 Å². The zero-order valence-corrected chi connectivity index (χ0v) is 13.8. The number of benzene rings is 1. The van der Waals surface area contributed by atoms with E-state index in [0.29, 0.717) is 12.1 Å². The molecule has 92 valence electrons. The maximum Gasteiger partial charge on any atom is 0.107 e. The number of thiophene rings is 1. The van der Waals surface area contributed by atoms with Crippen molar-refractivity contribution in [3.63, 3.8) is 0 Å². The lowest BCUT2D eigenvalue weighted by Gasteiger charge is -2.07. The molecule has 18 heavy (non-hydrogen) atoms. The first-order valence-electron chi connectivity index (χ1n) is 4.97. The van der Waals surface area contributed by atoms with Crippen molar-refractivity contribution in [2.45, 2.75) is 6.54 Å². The fourth-order valence-corrected chi connectivity index (χ4v) is 3.52. The monoisotopic (exact) mass is 404 g/mol. The summed E-state index contributed by atoms with van der Waals surface area (Å²) in [5.41, 5.74) is 1.44. The van der Waals surface area contributed by atoms with Crippen molar-refractivity contribution >= 4 is 60.5 Å². The predicted molar refractivity (Wildman–Crippen MR) is 83.2 cm³/mol. The predicted octanol–water partition coefficient (Wildman–Crippen LogP) is 5.41. The molecule has 1 N–H and O–H groups in total. The van der Waals surface area contributed by atoms with Crippen LogP contribution < -0.4 is 5.32 Å². The van der Waals surface area contributed by atoms with Crippen molar-refractivity contribution in [1.29, 1.82) is 5.26 Å². The highest BCUT2D eigenvalue weighted by Gasteiger charge is 2.06. The zero-order valence-electron chi connectivity index (χ0n) is 9.01. The number of nitrogens with one attached hydrogen (secondary N) is 1. The summed E-state index contributed by atoms with van der Waals surface area (Å²) in [5, 5.41) is 12.3. The minimum Gasteiger partial charge on any atom is -0.379 e. The summed E-state index contributed by atoms with van der Waals surface area (Å²) in [6.45, 7) is 0.645. The first kappa shape index (κ1) is 13.9. The van der Waals surface area contributed by atoms with E-state index in [1.807, 2.05) is 18.2 Å². The summed E-state index contributed by atoms with van der Waals surface area (Å²) >= 11 is 14.2. The van der Waals surface area contributed by atoms with Gasteiger partial charge in [-0.05, 0) is 40.2 Å². The SMILES string of the molecule is N#Cc1cc(Br)ccc1NCc1cc(Br)c(Cl)s1. The molecule has 0 amide bonds. The molecule has 0 saturated carbocycles. The molecule has 2 rings (SSSR count). The van der Waals surface area contributed by atoms with Crippen LogP contribution in [0.2, 0.25) is 4.34 Å². The van der Waals surface area contributed by atoms with Gasteiger partial charge in [-0.2, -0.15) is 5.26 Å². The Kier molecular flexibility index (Phi) is 4.68. The summed E-state index contributed by atoms with van der Waals surface area (Å²) in [5.74, 6) is 0. The number of rotatable bonds is 3. The van der Waals surface area contributed by atoms with Gasteiger partial charge in [0.25, 0.3) is 0 Å². The molecule has 0 atom stereocenters. The minimum atomic E-state index is 0.617. The summed E-state index contributed by atoms with van der Waals surface area (Å²) in [7, 11) is 0. The van der Waals surface area contributed by atoms with Gasteiger partial charge >= 0.3 is 0 Å². The molecule has 0 aliphatic heterocycles. The highest BCUT2D eigenvalue weighted by atomic mass is 79.9. The summed E-state index contributed by atoms with van der Waals surface area (Å²) in [6.07, 6.45) is 0. The fourth-order valence-electron chi connectivity index (χ4n) is 1.42. The Morgan fingerprint density at radius 3 is 2.72 bits per heavy atom. The number of halogens is 3. The van der Waals surface area contributed by atoms with Crippen molar-refractivity contribution in [3.8, 4) is 6.07 Å². The van der Waals surface area contributed by atoms with Crippen LogP contribution in [0, 0.1) is 11.3 Å². The van der Waals surface area contributed by atoms with Crippen molar-refractivity contribution in [3.05, 3.63) is 48.0 Å². The van der Waals surface area contributed by atoms with Gasteiger partial charge < -0.3 is 5.32 Å². The molecule has 1 aromatic carbocycles. The van der Waals surface area contributed by atoms with Crippen LogP contribution >= 0.6 is 54.8 Å². The molecule has 6 heteroatoms. The van der Waals surface area contributed by atoms with E-state index in [-0.39, 0.29) is 0 Å². The second kappa shape index (κ2) is 6.07. The third-order valence-electron chi connectivity index (χ3n) is 2.25. The molecular weight excluding hydrogens is 399 g/mol. The molecule has 0 saturated heterocycles. The Bertz CT molecular complexity index is 600. The number of nitriles is 1. The normalized spacial score (nSPS) is 10.1. The van der Waals surface area contributed by atoms with Gasteiger partial charge in [-0.15, -0.1) is 11.3 Å². The largest absolute Gasteiger partial charge is 0.379 e.